The SMILES string of the molecule is CN(C)C(CNC(=O)C(C)(C)c1ccccc1)c1ccco1. The first-order valence-electron chi connectivity index (χ1n) is 7.46. The number of hydrogen-bond donors (Lipinski definition) is 1. The van der Waals surface area contributed by atoms with Gasteiger partial charge in [-0.15, -0.1) is 0 Å². The minimum absolute atomic E-state index is 0.0112. The number of amides is 1. The molecule has 2 rings (SSSR count). The zero-order chi connectivity index (χ0) is 16.2. The molecule has 1 aromatic heterocycles. The molecule has 0 radical (unpaired) electrons. The second-order valence-electron chi connectivity index (χ2n) is 6.20. The highest BCUT2D eigenvalue weighted by molar-refractivity contribution is 5.87. The van der Waals surface area contributed by atoms with Gasteiger partial charge in [-0.25, -0.2) is 0 Å². The first-order chi connectivity index (χ1) is 10.4. The maximum absolute atomic E-state index is 12.6. The van der Waals surface area contributed by atoms with Crippen LogP contribution in [-0.4, -0.2) is 31.4 Å². The summed E-state index contributed by atoms with van der Waals surface area (Å²) in [6, 6.07) is 13.6. The quantitative estimate of drug-likeness (QED) is 0.892. The second-order valence-corrected chi connectivity index (χ2v) is 6.20. The summed E-state index contributed by atoms with van der Waals surface area (Å²) in [6.45, 7) is 4.39. The molecule has 1 aromatic carbocycles. The van der Waals surface area contributed by atoms with Gasteiger partial charge in [-0.05, 0) is 45.6 Å². The Morgan fingerprint density at radius 1 is 1.18 bits per heavy atom. The first-order valence-corrected chi connectivity index (χ1v) is 7.46. The highest BCUT2D eigenvalue weighted by Crippen LogP contribution is 2.24. The van der Waals surface area contributed by atoms with Crippen molar-refractivity contribution in [3.8, 4) is 0 Å². The van der Waals surface area contributed by atoms with Gasteiger partial charge in [0.25, 0.3) is 0 Å². The summed E-state index contributed by atoms with van der Waals surface area (Å²) in [7, 11) is 3.95. The normalized spacial score (nSPS) is 13.1. The maximum Gasteiger partial charge on any atom is 0.230 e. The molecule has 0 fully saturated rings. The van der Waals surface area contributed by atoms with E-state index >= 15 is 0 Å². The molecule has 4 nitrogen and oxygen atoms in total. The van der Waals surface area contributed by atoms with E-state index in [1.54, 1.807) is 6.26 Å². The molecule has 0 aliphatic carbocycles. The van der Waals surface area contributed by atoms with Gasteiger partial charge >= 0.3 is 0 Å². The summed E-state index contributed by atoms with van der Waals surface area (Å²) in [6.07, 6.45) is 1.65. The molecule has 0 saturated carbocycles. The van der Waals surface area contributed by atoms with Crippen LogP contribution in [0, 0.1) is 0 Å². The van der Waals surface area contributed by atoms with Crippen LogP contribution >= 0.6 is 0 Å². The van der Waals surface area contributed by atoms with Gasteiger partial charge in [0.15, 0.2) is 0 Å². The number of carbonyl (C=O) groups is 1. The molecule has 0 spiro atoms. The highest BCUT2D eigenvalue weighted by Gasteiger charge is 2.30. The van der Waals surface area contributed by atoms with E-state index in [-0.39, 0.29) is 11.9 Å². The van der Waals surface area contributed by atoms with Crippen LogP contribution in [0.15, 0.2) is 53.1 Å². The van der Waals surface area contributed by atoms with E-state index < -0.39 is 5.41 Å². The van der Waals surface area contributed by atoms with E-state index in [9.17, 15) is 4.79 Å². The zero-order valence-corrected chi connectivity index (χ0v) is 13.7. The Labute approximate surface area is 132 Å². The van der Waals surface area contributed by atoms with Gasteiger partial charge in [-0.3, -0.25) is 9.69 Å². The molecular weight excluding hydrogens is 276 g/mol. The Balaban J connectivity index is 2.05. The number of nitrogens with one attached hydrogen (secondary N) is 1. The number of rotatable bonds is 6. The predicted octanol–water partition coefficient (Wildman–Crippen LogP) is 2.98. The zero-order valence-electron chi connectivity index (χ0n) is 13.7. The van der Waals surface area contributed by atoms with E-state index in [2.05, 4.69) is 5.32 Å². The number of carbonyl (C=O) groups excluding carboxylic acids is 1. The Hall–Kier alpha value is -2.07. The monoisotopic (exact) mass is 300 g/mol. The van der Waals surface area contributed by atoms with Crippen LogP contribution < -0.4 is 5.32 Å². The minimum Gasteiger partial charge on any atom is -0.468 e. The topological polar surface area (TPSA) is 45.5 Å². The number of likely N-dealkylation sites (N-methyl/N-ethyl adjacent to an activating group) is 1. The van der Waals surface area contributed by atoms with Crippen molar-refractivity contribution in [3.05, 3.63) is 60.1 Å². The van der Waals surface area contributed by atoms with Crippen molar-refractivity contribution in [2.75, 3.05) is 20.6 Å². The molecule has 22 heavy (non-hydrogen) atoms. The van der Waals surface area contributed by atoms with Crippen LogP contribution in [0.1, 0.15) is 31.2 Å². The number of benzene rings is 1. The van der Waals surface area contributed by atoms with Gasteiger partial charge in [0.05, 0.1) is 17.7 Å². The van der Waals surface area contributed by atoms with E-state index in [0.717, 1.165) is 11.3 Å². The van der Waals surface area contributed by atoms with Crippen molar-refractivity contribution in [2.24, 2.45) is 0 Å². The fraction of sp³-hybridized carbons (Fsp3) is 0.389. The van der Waals surface area contributed by atoms with Gasteiger partial charge in [0.1, 0.15) is 5.76 Å². The van der Waals surface area contributed by atoms with Crippen LogP contribution in [-0.2, 0) is 10.2 Å². The fourth-order valence-electron chi connectivity index (χ4n) is 2.41. The molecule has 1 N–H and O–H groups in total. The van der Waals surface area contributed by atoms with Gasteiger partial charge < -0.3 is 9.73 Å². The summed E-state index contributed by atoms with van der Waals surface area (Å²) in [5, 5.41) is 3.05. The fourth-order valence-corrected chi connectivity index (χ4v) is 2.41. The van der Waals surface area contributed by atoms with Gasteiger partial charge in [0, 0.05) is 6.54 Å². The van der Waals surface area contributed by atoms with Crippen LogP contribution in [0.3, 0.4) is 0 Å². The van der Waals surface area contributed by atoms with E-state index in [0.29, 0.717) is 6.54 Å². The molecule has 1 atom stereocenters. The lowest BCUT2D eigenvalue weighted by atomic mass is 9.83. The van der Waals surface area contributed by atoms with Crippen molar-refractivity contribution in [3.63, 3.8) is 0 Å². The van der Waals surface area contributed by atoms with Crippen LogP contribution in [0.25, 0.3) is 0 Å². The predicted molar refractivity (Wildman–Crippen MR) is 87.6 cm³/mol. The highest BCUT2D eigenvalue weighted by atomic mass is 16.3. The van der Waals surface area contributed by atoms with Crippen molar-refractivity contribution in [2.45, 2.75) is 25.3 Å². The molecule has 0 aliphatic rings. The lowest BCUT2D eigenvalue weighted by Gasteiger charge is -2.27. The molecule has 1 heterocycles. The summed E-state index contributed by atoms with van der Waals surface area (Å²) in [5.74, 6) is 0.861. The standard InChI is InChI=1S/C18H24N2O2/c1-18(2,14-9-6-5-7-10-14)17(21)19-13-15(20(3)4)16-11-8-12-22-16/h5-12,15H,13H2,1-4H3,(H,19,21). The molecule has 2 aromatic rings. The van der Waals surface area contributed by atoms with Crippen LogP contribution in [0.4, 0.5) is 0 Å². The molecule has 0 bridgehead atoms. The smallest absolute Gasteiger partial charge is 0.230 e. The third kappa shape index (κ3) is 3.57. The maximum atomic E-state index is 12.6. The average molecular weight is 300 g/mol. The first kappa shape index (κ1) is 16.3. The third-order valence-corrected chi connectivity index (χ3v) is 4.01. The van der Waals surface area contributed by atoms with Crippen LogP contribution in [0.2, 0.25) is 0 Å². The molecule has 118 valence electrons. The van der Waals surface area contributed by atoms with E-state index in [1.807, 2.05) is 75.3 Å². The summed E-state index contributed by atoms with van der Waals surface area (Å²) >= 11 is 0. The van der Waals surface area contributed by atoms with Crippen molar-refractivity contribution >= 4 is 5.91 Å². The lowest BCUT2D eigenvalue weighted by molar-refractivity contribution is -0.125. The van der Waals surface area contributed by atoms with E-state index in [1.165, 1.54) is 0 Å². The second kappa shape index (κ2) is 6.79. The van der Waals surface area contributed by atoms with E-state index in [4.69, 9.17) is 4.42 Å². The Morgan fingerprint density at radius 3 is 2.41 bits per heavy atom. The van der Waals surface area contributed by atoms with Crippen molar-refractivity contribution in [1.29, 1.82) is 0 Å². The Kier molecular flexibility index (Phi) is 5.03. The molecule has 0 saturated heterocycles. The molecule has 0 aliphatic heterocycles. The van der Waals surface area contributed by atoms with Crippen molar-refractivity contribution in [1.82, 2.24) is 10.2 Å². The van der Waals surface area contributed by atoms with Gasteiger partial charge in [0.2, 0.25) is 5.91 Å². The van der Waals surface area contributed by atoms with Crippen LogP contribution in [0.5, 0.6) is 0 Å². The number of furan rings is 1. The largest absolute Gasteiger partial charge is 0.468 e. The number of hydrogen-bond acceptors (Lipinski definition) is 3. The molecule has 4 heteroatoms. The van der Waals surface area contributed by atoms with Gasteiger partial charge in [-0.2, -0.15) is 0 Å². The summed E-state index contributed by atoms with van der Waals surface area (Å²) in [4.78, 5) is 14.6. The molecule has 1 amide bonds. The summed E-state index contributed by atoms with van der Waals surface area (Å²) in [5.41, 5.74) is 0.438. The Morgan fingerprint density at radius 2 is 1.86 bits per heavy atom. The molecule has 1 unspecified atom stereocenters. The van der Waals surface area contributed by atoms with Crippen molar-refractivity contribution < 1.29 is 9.21 Å². The number of nitrogens with zero attached hydrogens (tertiary/aromatic N) is 1. The molecular formula is C18H24N2O2. The minimum atomic E-state index is -0.568. The Bertz CT molecular complexity index is 589. The van der Waals surface area contributed by atoms with Gasteiger partial charge in [-0.1, -0.05) is 30.3 Å². The third-order valence-electron chi connectivity index (χ3n) is 4.01. The summed E-state index contributed by atoms with van der Waals surface area (Å²) < 4.78 is 5.47. The lowest BCUT2D eigenvalue weighted by Crippen LogP contribution is -2.43. The average Bonchev–Trinajstić information content (AvgIpc) is 3.02.